The molecule has 0 unspecified atom stereocenters. The van der Waals surface area contributed by atoms with E-state index in [0.717, 1.165) is 0 Å². The molecule has 0 spiro atoms. The summed E-state index contributed by atoms with van der Waals surface area (Å²) in [6.45, 7) is 2.06. The largest absolute Gasteiger partial charge is 0.384 e. The number of hydrogen-bond donors (Lipinski definition) is 2. The molecule has 0 aromatic rings. The SMILES string of the molecule is CC(=O)N1CC=C(N)N1. The van der Waals surface area contributed by atoms with Gasteiger partial charge in [-0.05, 0) is 6.08 Å². The van der Waals surface area contributed by atoms with Gasteiger partial charge in [-0.15, -0.1) is 0 Å². The number of hydrogen-bond acceptors (Lipinski definition) is 3. The van der Waals surface area contributed by atoms with Crippen LogP contribution in [0.5, 0.6) is 0 Å². The van der Waals surface area contributed by atoms with Crippen molar-refractivity contribution in [2.24, 2.45) is 5.73 Å². The first-order chi connectivity index (χ1) is 4.20. The lowest BCUT2D eigenvalue weighted by Crippen LogP contribution is -2.37. The Kier molecular flexibility index (Phi) is 1.30. The minimum Gasteiger partial charge on any atom is -0.384 e. The number of rotatable bonds is 0. The van der Waals surface area contributed by atoms with E-state index in [2.05, 4.69) is 5.43 Å². The highest BCUT2D eigenvalue weighted by Crippen LogP contribution is 1.95. The van der Waals surface area contributed by atoms with Gasteiger partial charge in [0, 0.05) is 6.92 Å². The van der Waals surface area contributed by atoms with Crippen LogP contribution in [0.1, 0.15) is 6.92 Å². The highest BCUT2D eigenvalue weighted by Gasteiger charge is 2.11. The van der Waals surface area contributed by atoms with Crippen LogP contribution in [0.4, 0.5) is 0 Å². The molecule has 4 nitrogen and oxygen atoms in total. The number of carbonyl (C=O) groups is 1. The van der Waals surface area contributed by atoms with Crippen molar-refractivity contribution in [2.75, 3.05) is 6.54 Å². The van der Waals surface area contributed by atoms with Crippen LogP contribution >= 0.6 is 0 Å². The maximum atomic E-state index is 10.6. The Labute approximate surface area is 53.3 Å². The van der Waals surface area contributed by atoms with Gasteiger partial charge in [0.15, 0.2) is 0 Å². The van der Waals surface area contributed by atoms with Gasteiger partial charge in [0.05, 0.1) is 6.54 Å². The summed E-state index contributed by atoms with van der Waals surface area (Å²) in [5.74, 6) is 0.525. The molecule has 1 heterocycles. The van der Waals surface area contributed by atoms with Gasteiger partial charge in [-0.3, -0.25) is 15.2 Å². The van der Waals surface area contributed by atoms with Crippen LogP contribution in [0.3, 0.4) is 0 Å². The Hall–Kier alpha value is -1.19. The average molecular weight is 127 g/mol. The number of nitrogens with two attached hydrogens (primary N) is 1. The maximum absolute atomic E-state index is 10.6. The monoisotopic (exact) mass is 127 g/mol. The van der Waals surface area contributed by atoms with Crippen LogP contribution < -0.4 is 11.2 Å². The summed E-state index contributed by atoms with van der Waals surface area (Å²) in [5, 5.41) is 1.44. The highest BCUT2D eigenvalue weighted by molar-refractivity contribution is 5.73. The fraction of sp³-hybridized carbons (Fsp3) is 0.400. The van der Waals surface area contributed by atoms with Gasteiger partial charge in [0.1, 0.15) is 5.82 Å². The molecule has 0 radical (unpaired) electrons. The molecule has 1 amide bonds. The van der Waals surface area contributed by atoms with Crippen molar-refractivity contribution in [3.8, 4) is 0 Å². The van der Waals surface area contributed by atoms with Gasteiger partial charge in [0.25, 0.3) is 0 Å². The fourth-order valence-electron chi connectivity index (χ4n) is 0.644. The van der Waals surface area contributed by atoms with Crippen LogP contribution in [0, 0.1) is 0 Å². The van der Waals surface area contributed by atoms with Crippen molar-refractivity contribution >= 4 is 5.91 Å². The minimum absolute atomic E-state index is 0.0216. The van der Waals surface area contributed by atoms with Gasteiger partial charge < -0.3 is 5.73 Å². The molecule has 50 valence electrons. The lowest BCUT2D eigenvalue weighted by atomic mass is 10.5. The van der Waals surface area contributed by atoms with E-state index >= 15 is 0 Å². The van der Waals surface area contributed by atoms with E-state index in [0.29, 0.717) is 12.4 Å². The number of nitrogens with zero attached hydrogens (tertiary/aromatic N) is 1. The first-order valence-electron chi connectivity index (χ1n) is 2.70. The Balaban J connectivity index is 2.47. The molecule has 0 saturated carbocycles. The first-order valence-corrected chi connectivity index (χ1v) is 2.70. The lowest BCUT2D eigenvalue weighted by molar-refractivity contribution is -0.130. The van der Waals surface area contributed by atoms with E-state index < -0.39 is 0 Å². The second kappa shape index (κ2) is 1.97. The van der Waals surface area contributed by atoms with E-state index in [1.807, 2.05) is 0 Å². The summed E-state index contributed by atoms with van der Waals surface area (Å²) >= 11 is 0. The number of nitrogens with one attached hydrogen (secondary N) is 1. The summed E-state index contributed by atoms with van der Waals surface area (Å²) in [6, 6.07) is 0. The predicted octanol–water partition coefficient (Wildman–Crippen LogP) is -0.847. The molecule has 1 rings (SSSR count). The Bertz CT molecular complexity index is 164. The summed E-state index contributed by atoms with van der Waals surface area (Å²) in [7, 11) is 0. The lowest BCUT2D eigenvalue weighted by Gasteiger charge is -2.13. The summed E-state index contributed by atoms with van der Waals surface area (Å²) < 4.78 is 0. The molecule has 0 aromatic heterocycles. The topological polar surface area (TPSA) is 58.4 Å². The Morgan fingerprint density at radius 1 is 2.00 bits per heavy atom. The van der Waals surface area contributed by atoms with Crippen LogP contribution in [0.15, 0.2) is 11.9 Å². The van der Waals surface area contributed by atoms with Crippen LogP contribution in [-0.2, 0) is 4.79 Å². The molecule has 0 atom stereocenters. The zero-order valence-corrected chi connectivity index (χ0v) is 5.22. The molecule has 0 fully saturated rings. The standard InChI is InChI=1S/C5H9N3O/c1-4(9)8-3-2-5(6)7-8/h2,7H,3,6H2,1H3. The zero-order valence-electron chi connectivity index (χ0n) is 5.22. The van der Waals surface area contributed by atoms with Crippen molar-refractivity contribution in [1.29, 1.82) is 0 Å². The van der Waals surface area contributed by atoms with Crippen LogP contribution in [-0.4, -0.2) is 17.5 Å². The molecule has 9 heavy (non-hydrogen) atoms. The molecule has 0 aliphatic carbocycles. The van der Waals surface area contributed by atoms with Crippen molar-refractivity contribution < 1.29 is 4.79 Å². The van der Waals surface area contributed by atoms with E-state index in [9.17, 15) is 4.79 Å². The molecule has 1 aliphatic rings. The fourth-order valence-corrected chi connectivity index (χ4v) is 0.644. The summed E-state index contributed by atoms with van der Waals surface area (Å²) in [4.78, 5) is 10.6. The van der Waals surface area contributed by atoms with E-state index in [4.69, 9.17) is 5.73 Å². The van der Waals surface area contributed by atoms with Gasteiger partial charge in [-0.25, -0.2) is 0 Å². The van der Waals surface area contributed by atoms with E-state index in [1.165, 1.54) is 11.9 Å². The third kappa shape index (κ3) is 1.13. The van der Waals surface area contributed by atoms with Crippen molar-refractivity contribution in [3.05, 3.63) is 11.9 Å². The second-order valence-corrected chi connectivity index (χ2v) is 1.90. The molecular formula is C5H9N3O. The van der Waals surface area contributed by atoms with E-state index in [-0.39, 0.29) is 5.91 Å². The van der Waals surface area contributed by atoms with Gasteiger partial charge in [-0.2, -0.15) is 0 Å². The molecule has 3 N–H and O–H groups in total. The Morgan fingerprint density at radius 2 is 2.67 bits per heavy atom. The normalized spacial score (nSPS) is 17.0. The molecule has 4 heteroatoms. The van der Waals surface area contributed by atoms with Crippen molar-refractivity contribution in [1.82, 2.24) is 10.4 Å². The smallest absolute Gasteiger partial charge is 0.238 e. The van der Waals surface area contributed by atoms with Crippen LogP contribution in [0.2, 0.25) is 0 Å². The quantitative estimate of drug-likeness (QED) is 0.445. The highest BCUT2D eigenvalue weighted by atomic mass is 16.2. The molecular weight excluding hydrogens is 118 g/mol. The number of carbonyl (C=O) groups excluding carboxylic acids is 1. The van der Waals surface area contributed by atoms with Crippen molar-refractivity contribution in [2.45, 2.75) is 6.92 Å². The molecule has 0 saturated heterocycles. The molecule has 1 aliphatic heterocycles. The minimum atomic E-state index is -0.0216. The Morgan fingerprint density at radius 3 is 2.89 bits per heavy atom. The third-order valence-electron chi connectivity index (χ3n) is 1.14. The van der Waals surface area contributed by atoms with E-state index in [1.54, 1.807) is 6.08 Å². The molecule has 0 aromatic carbocycles. The number of hydrazine groups is 1. The first kappa shape index (κ1) is 5.94. The molecule has 0 bridgehead atoms. The van der Waals surface area contributed by atoms with Gasteiger partial charge in [-0.1, -0.05) is 0 Å². The third-order valence-corrected chi connectivity index (χ3v) is 1.14. The van der Waals surface area contributed by atoms with Crippen molar-refractivity contribution in [3.63, 3.8) is 0 Å². The van der Waals surface area contributed by atoms with Gasteiger partial charge >= 0.3 is 0 Å². The van der Waals surface area contributed by atoms with Gasteiger partial charge in [0.2, 0.25) is 5.91 Å². The number of amides is 1. The maximum Gasteiger partial charge on any atom is 0.238 e. The second-order valence-electron chi connectivity index (χ2n) is 1.90. The average Bonchev–Trinajstić information content (AvgIpc) is 2.14. The summed E-state index contributed by atoms with van der Waals surface area (Å²) in [5.41, 5.74) is 7.99. The van der Waals surface area contributed by atoms with Crippen LogP contribution in [0.25, 0.3) is 0 Å². The summed E-state index contributed by atoms with van der Waals surface area (Å²) in [6.07, 6.45) is 1.75. The zero-order chi connectivity index (χ0) is 6.85. The predicted molar refractivity (Wildman–Crippen MR) is 32.8 cm³/mol.